The molecule has 1 aliphatic rings. The van der Waals surface area contributed by atoms with Gasteiger partial charge >= 0.3 is 0 Å². The molecular weight excluding hydrogens is 354 g/mol. The fourth-order valence-corrected chi connectivity index (χ4v) is 3.23. The number of hydrogen-bond acceptors (Lipinski definition) is 6. The Morgan fingerprint density at radius 2 is 1.89 bits per heavy atom. The molecule has 1 fully saturated rings. The van der Waals surface area contributed by atoms with Crippen LogP contribution in [-0.2, 0) is 4.74 Å². The number of carbonyl (C=O) groups excluding carboxylic acids is 1. The molecule has 0 saturated carbocycles. The normalized spacial score (nSPS) is 14.9. The number of benzene rings is 1. The summed E-state index contributed by atoms with van der Waals surface area (Å²) >= 11 is 0. The zero-order chi connectivity index (χ0) is 19.8. The number of aromatic nitrogens is 2. The first kappa shape index (κ1) is 20.2. The topological polar surface area (TPSA) is 70.6 Å². The fraction of sp³-hybridized carbons (Fsp3) is 0.476. The molecule has 7 nitrogen and oxygen atoms in total. The highest BCUT2D eigenvalue weighted by Gasteiger charge is 2.23. The summed E-state index contributed by atoms with van der Waals surface area (Å²) < 4.78 is 5.09. The first-order chi connectivity index (χ1) is 13.7. The van der Waals surface area contributed by atoms with Crippen LogP contribution in [0.15, 0.2) is 36.4 Å². The second-order valence-electron chi connectivity index (χ2n) is 6.83. The highest BCUT2D eigenvalue weighted by atomic mass is 16.5. The molecule has 0 spiro atoms. The predicted molar refractivity (Wildman–Crippen MR) is 110 cm³/mol. The average Bonchev–Trinajstić information content (AvgIpc) is 2.76. The second-order valence-corrected chi connectivity index (χ2v) is 6.83. The Balaban J connectivity index is 1.81. The van der Waals surface area contributed by atoms with Crippen molar-refractivity contribution >= 4 is 11.7 Å². The minimum Gasteiger partial charge on any atom is -0.385 e. The zero-order valence-corrected chi connectivity index (χ0v) is 16.7. The number of rotatable bonds is 8. The smallest absolute Gasteiger partial charge is 0.272 e. The maximum atomic E-state index is 13.1. The summed E-state index contributed by atoms with van der Waals surface area (Å²) in [5.74, 6) is 1.20. The molecule has 1 aromatic carbocycles. The van der Waals surface area contributed by atoms with Crippen LogP contribution < -0.4 is 5.32 Å². The van der Waals surface area contributed by atoms with E-state index in [-0.39, 0.29) is 5.91 Å². The highest BCUT2D eigenvalue weighted by molar-refractivity contribution is 5.93. The molecular formula is C21H29N5O2. The van der Waals surface area contributed by atoms with Gasteiger partial charge in [0.1, 0.15) is 11.5 Å². The summed E-state index contributed by atoms with van der Waals surface area (Å²) in [7, 11) is 1.69. The molecule has 28 heavy (non-hydrogen) atoms. The summed E-state index contributed by atoms with van der Waals surface area (Å²) in [6.07, 6.45) is 0.865. The van der Waals surface area contributed by atoms with E-state index < -0.39 is 0 Å². The van der Waals surface area contributed by atoms with Crippen molar-refractivity contribution in [1.29, 1.82) is 0 Å². The Labute approximate surface area is 166 Å². The largest absolute Gasteiger partial charge is 0.385 e. The van der Waals surface area contributed by atoms with E-state index in [2.05, 4.69) is 27.1 Å². The Morgan fingerprint density at radius 1 is 1.14 bits per heavy atom. The van der Waals surface area contributed by atoms with Crippen LogP contribution in [0.5, 0.6) is 0 Å². The molecule has 0 aliphatic carbocycles. The Hall–Kier alpha value is -2.51. The number of hydrogen-bond donors (Lipinski definition) is 1. The maximum Gasteiger partial charge on any atom is 0.272 e. The monoisotopic (exact) mass is 383 g/mol. The van der Waals surface area contributed by atoms with Gasteiger partial charge in [-0.1, -0.05) is 37.3 Å². The van der Waals surface area contributed by atoms with Crippen molar-refractivity contribution in [2.24, 2.45) is 0 Å². The van der Waals surface area contributed by atoms with Crippen molar-refractivity contribution in [3.8, 4) is 11.4 Å². The summed E-state index contributed by atoms with van der Waals surface area (Å²) in [5.41, 5.74) is 1.33. The first-order valence-electron chi connectivity index (χ1n) is 9.90. The van der Waals surface area contributed by atoms with Gasteiger partial charge < -0.3 is 19.9 Å². The van der Waals surface area contributed by atoms with E-state index in [0.717, 1.165) is 51.3 Å². The van der Waals surface area contributed by atoms with E-state index in [1.165, 1.54) is 0 Å². The van der Waals surface area contributed by atoms with Crippen LogP contribution in [-0.4, -0.2) is 78.7 Å². The first-order valence-corrected chi connectivity index (χ1v) is 9.90. The standard InChI is InChI=1S/C21H29N5O2/c1-3-25-11-13-26(14-12-25)21(27)18-16-19(22-10-7-15-28-2)24-20(23-18)17-8-5-4-6-9-17/h4-6,8-9,16H,3,7,10-15H2,1-2H3,(H,22,23,24). The molecule has 0 unspecified atom stereocenters. The molecule has 3 rings (SSSR count). The van der Waals surface area contributed by atoms with Gasteiger partial charge in [-0.25, -0.2) is 9.97 Å². The SMILES string of the molecule is CCN1CCN(C(=O)c2cc(NCCCOC)nc(-c3ccccc3)n2)CC1. The van der Waals surface area contributed by atoms with Crippen molar-refractivity contribution in [2.45, 2.75) is 13.3 Å². The van der Waals surface area contributed by atoms with Gasteiger partial charge in [-0.05, 0) is 13.0 Å². The van der Waals surface area contributed by atoms with Gasteiger partial charge in [0.05, 0.1) is 0 Å². The van der Waals surface area contributed by atoms with Gasteiger partial charge in [0, 0.05) is 58.1 Å². The van der Waals surface area contributed by atoms with Crippen LogP contribution in [0.2, 0.25) is 0 Å². The third-order valence-electron chi connectivity index (χ3n) is 4.92. The number of nitrogens with one attached hydrogen (secondary N) is 1. The average molecular weight is 383 g/mol. The third-order valence-corrected chi connectivity index (χ3v) is 4.92. The van der Waals surface area contributed by atoms with E-state index in [1.54, 1.807) is 13.2 Å². The molecule has 1 aliphatic heterocycles. The van der Waals surface area contributed by atoms with Crippen LogP contribution in [0, 0.1) is 0 Å². The molecule has 7 heteroatoms. The maximum absolute atomic E-state index is 13.1. The molecule has 0 atom stereocenters. The summed E-state index contributed by atoms with van der Waals surface area (Å²) in [6, 6.07) is 11.5. The Morgan fingerprint density at radius 3 is 2.57 bits per heavy atom. The van der Waals surface area contributed by atoms with Gasteiger partial charge in [-0.15, -0.1) is 0 Å². The summed E-state index contributed by atoms with van der Waals surface area (Å²) in [4.78, 5) is 26.5. The van der Waals surface area contributed by atoms with Crippen molar-refractivity contribution in [3.63, 3.8) is 0 Å². The number of piperazine rings is 1. The number of amides is 1. The number of carbonyl (C=O) groups is 1. The van der Waals surface area contributed by atoms with Crippen molar-refractivity contribution in [1.82, 2.24) is 19.8 Å². The van der Waals surface area contributed by atoms with E-state index in [1.807, 2.05) is 35.2 Å². The van der Waals surface area contributed by atoms with Gasteiger partial charge in [0.25, 0.3) is 5.91 Å². The van der Waals surface area contributed by atoms with Gasteiger partial charge in [0.15, 0.2) is 5.82 Å². The molecule has 0 radical (unpaired) electrons. The van der Waals surface area contributed by atoms with Crippen LogP contribution >= 0.6 is 0 Å². The van der Waals surface area contributed by atoms with Gasteiger partial charge in [-0.2, -0.15) is 0 Å². The van der Waals surface area contributed by atoms with Gasteiger partial charge in [0.2, 0.25) is 0 Å². The minimum absolute atomic E-state index is 0.0322. The second kappa shape index (κ2) is 10.1. The predicted octanol–water partition coefficient (Wildman–Crippen LogP) is 2.37. The number of likely N-dealkylation sites (N-methyl/N-ethyl adjacent to an activating group) is 1. The number of methoxy groups -OCH3 is 1. The van der Waals surface area contributed by atoms with Crippen LogP contribution in [0.1, 0.15) is 23.8 Å². The van der Waals surface area contributed by atoms with Crippen molar-refractivity contribution < 1.29 is 9.53 Å². The lowest BCUT2D eigenvalue weighted by molar-refractivity contribution is 0.0637. The molecule has 0 bridgehead atoms. The molecule has 2 heterocycles. The quantitative estimate of drug-likeness (QED) is 0.706. The van der Waals surface area contributed by atoms with Crippen LogP contribution in [0.3, 0.4) is 0 Å². The van der Waals surface area contributed by atoms with Crippen molar-refractivity contribution in [3.05, 3.63) is 42.1 Å². The minimum atomic E-state index is -0.0322. The molecule has 1 N–H and O–H groups in total. The summed E-state index contributed by atoms with van der Waals surface area (Å²) in [6.45, 7) is 7.84. The lowest BCUT2D eigenvalue weighted by Gasteiger charge is -2.33. The van der Waals surface area contributed by atoms with Crippen molar-refractivity contribution in [2.75, 3.05) is 58.3 Å². The van der Waals surface area contributed by atoms with Crippen LogP contribution in [0.4, 0.5) is 5.82 Å². The molecule has 1 amide bonds. The lowest BCUT2D eigenvalue weighted by atomic mass is 10.2. The van der Waals surface area contributed by atoms with Crippen LogP contribution in [0.25, 0.3) is 11.4 Å². The molecule has 1 aromatic heterocycles. The van der Waals surface area contributed by atoms with E-state index in [9.17, 15) is 4.79 Å². The number of ether oxygens (including phenoxy) is 1. The lowest BCUT2D eigenvalue weighted by Crippen LogP contribution is -2.48. The molecule has 1 saturated heterocycles. The molecule has 150 valence electrons. The Bertz CT molecular complexity index is 761. The number of anilines is 1. The molecule has 2 aromatic rings. The van der Waals surface area contributed by atoms with E-state index >= 15 is 0 Å². The third kappa shape index (κ3) is 5.27. The van der Waals surface area contributed by atoms with Gasteiger partial charge in [-0.3, -0.25) is 4.79 Å². The van der Waals surface area contributed by atoms with E-state index in [0.29, 0.717) is 23.9 Å². The highest BCUT2D eigenvalue weighted by Crippen LogP contribution is 2.19. The van der Waals surface area contributed by atoms with E-state index in [4.69, 9.17) is 4.74 Å². The zero-order valence-electron chi connectivity index (χ0n) is 16.7. The Kier molecular flexibility index (Phi) is 7.33. The summed E-state index contributed by atoms with van der Waals surface area (Å²) in [5, 5.41) is 3.29. The fourth-order valence-electron chi connectivity index (χ4n) is 3.23. The number of nitrogens with zero attached hydrogens (tertiary/aromatic N) is 4.